The number of hydrazone groups is 1. The lowest BCUT2D eigenvalue weighted by molar-refractivity contribution is -0.120. The number of ether oxygens (including phenoxy) is 1. The van der Waals surface area contributed by atoms with Crippen molar-refractivity contribution >= 4 is 23.0 Å². The molecular weight excluding hydrogens is 360 g/mol. The number of hydrogen-bond acceptors (Lipinski definition) is 6. The molecule has 146 valence electrons. The first-order valence-corrected chi connectivity index (χ1v) is 9.98. The van der Waals surface area contributed by atoms with Gasteiger partial charge in [-0.25, -0.2) is 10.4 Å². The Labute approximate surface area is 165 Å². The van der Waals surface area contributed by atoms with E-state index in [4.69, 9.17) is 4.74 Å². The van der Waals surface area contributed by atoms with Gasteiger partial charge in [0.25, 0.3) is 0 Å². The second-order valence-electron chi connectivity index (χ2n) is 6.28. The van der Waals surface area contributed by atoms with E-state index in [1.54, 1.807) is 7.11 Å². The van der Waals surface area contributed by atoms with Crippen molar-refractivity contribution in [2.75, 3.05) is 20.2 Å². The smallest absolute Gasteiger partial charge is 0.246 e. The molecule has 0 aliphatic heterocycles. The van der Waals surface area contributed by atoms with E-state index in [2.05, 4.69) is 40.3 Å². The summed E-state index contributed by atoms with van der Waals surface area (Å²) in [6, 6.07) is 5.99. The number of nitrogens with one attached hydrogen (secondary N) is 1. The Morgan fingerprint density at radius 1 is 1.33 bits per heavy atom. The van der Waals surface area contributed by atoms with Crippen LogP contribution in [0.3, 0.4) is 0 Å². The number of thiazole rings is 1. The van der Waals surface area contributed by atoms with Gasteiger partial charge in [0.15, 0.2) is 0 Å². The van der Waals surface area contributed by atoms with Crippen molar-refractivity contribution in [3.05, 3.63) is 45.4 Å². The molecule has 0 radical (unpaired) electrons. The van der Waals surface area contributed by atoms with Crippen molar-refractivity contribution in [3.63, 3.8) is 0 Å². The summed E-state index contributed by atoms with van der Waals surface area (Å²) in [7, 11) is 1.68. The average molecular weight is 389 g/mol. The maximum Gasteiger partial charge on any atom is 0.246 e. The zero-order chi connectivity index (χ0) is 19.8. The first-order chi connectivity index (χ1) is 13.0. The standard InChI is InChI=1S/C20H28N4O2S/c1-6-24(7-2)12-17-10-16(8-9-18(17)26-5)15(4)22-23-19(25)11-20-21-14(3)13-27-20/h8-10,13H,6-7,11-12H2,1-5H3,(H,23,25)/b22-15-. The fourth-order valence-electron chi connectivity index (χ4n) is 2.69. The number of methoxy groups -OCH3 is 1. The van der Waals surface area contributed by atoms with Crippen LogP contribution in [-0.2, 0) is 17.8 Å². The number of carbonyl (C=O) groups is 1. The summed E-state index contributed by atoms with van der Waals surface area (Å²) < 4.78 is 5.49. The van der Waals surface area contributed by atoms with Crippen molar-refractivity contribution in [3.8, 4) is 5.75 Å². The molecule has 0 aliphatic rings. The summed E-state index contributed by atoms with van der Waals surface area (Å²) in [6.07, 6.45) is 0.241. The third-order valence-electron chi connectivity index (χ3n) is 4.31. The number of aryl methyl sites for hydroxylation is 1. The van der Waals surface area contributed by atoms with Crippen LogP contribution in [0.1, 0.15) is 42.6 Å². The molecule has 0 saturated carbocycles. The Hall–Kier alpha value is -2.25. The van der Waals surface area contributed by atoms with E-state index >= 15 is 0 Å². The SMILES string of the molecule is CCN(CC)Cc1cc(/C(C)=N\NC(=O)Cc2nc(C)cs2)ccc1OC. The third kappa shape index (κ3) is 6.15. The van der Waals surface area contributed by atoms with E-state index < -0.39 is 0 Å². The zero-order valence-electron chi connectivity index (χ0n) is 16.7. The molecule has 1 aromatic carbocycles. The predicted octanol–water partition coefficient (Wildman–Crippen LogP) is 3.38. The Balaban J connectivity index is 2.08. The van der Waals surface area contributed by atoms with Gasteiger partial charge in [0.05, 0.1) is 19.2 Å². The number of benzene rings is 1. The monoisotopic (exact) mass is 388 g/mol. The molecule has 1 aromatic heterocycles. The second-order valence-corrected chi connectivity index (χ2v) is 7.22. The van der Waals surface area contributed by atoms with Crippen molar-refractivity contribution in [2.45, 2.75) is 40.7 Å². The van der Waals surface area contributed by atoms with E-state index in [9.17, 15) is 4.79 Å². The summed E-state index contributed by atoms with van der Waals surface area (Å²) in [5.41, 5.74) is 6.38. The number of carbonyl (C=O) groups excluding carboxylic acids is 1. The first kappa shape index (κ1) is 21.1. The minimum absolute atomic E-state index is 0.166. The van der Waals surface area contributed by atoms with Crippen LogP contribution in [-0.4, -0.2) is 41.7 Å². The van der Waals surface area contributed by atoms with Crippen molar-refractivity contribution < 1.29 is 9.53 Å². The third-order valence-corrected chi connectivity index (χ3v) is 5.28. The molecular formula is C20H28N4O2S. The summed E-state index contributed by atoms with van der Waals surface area (Å²) in [5, 5.41) is 6.98. The van der Waals surface area contributed by atoms with Gasteiger partial charge in [0.2, 0.25) is 5.91 Å². The highest BCUT2D eigenvalue weighted by atomic mass is 32.1. The van der Waals surface area contributed by atoms with E-state index in [0.717, 1.165) is 52.9 Å². The van der Waals surface area contributed by atoms with Gasteiger partial charge in [-0.15, -0.1) is 11.3 Å². The molecule has 2 aromatic rings. The molecule has 0 bridgehead atoms. The molecule has 1 heterocycles. The van der Waals surface area contributed by atoms with Gasteiger partial charge >= 0.3 is 0 Å². The number of amides is 1. The Bertz CT molecular complexity index is 797. The van der Waals surface area contributed by atoms with Gasteiger partial charge in [-0.2, -0.15) is 5.10 Å². The maximum atomic E-state index is 12.1. The van der Waals surface area contributed by atoms with Gasteiger partial charge < -0.3 is 4.74 Å². The van der Waals surface area contributed by atoms with Crippen LogP contribution in [0.25, 0.3) is 0 Å². The Morgan fingerprint density at radius 3 is 2.67 bits per heavy atom. The predicted molar refractivity (Wildman–Crippen MR) is 111 cm³/mol. The summed E-state index contributed by atoms with van der Waals surface area (Å²) in [4.78, 5) is 18.7. The van der Waals surface area contributed by atoms with E-state index in [0.29, 0.717) is 0 Å². The number of rotatable bonds is 9. The van der Waals surface area contributed by atoms with Gasteiger partial charge in [-0.1, -0.05) is 13.8 Å². The number of aromatic nitrogens is 1. The Kier molecular flexibility index (Phi) is 7.94. The van der Waals surface area contributed by atoms with Crippen LogP contribution in [0.15, 0.2) is 28.7 Å². The molecule has 6 nitrogen and oxygen atoms in total. The number of hydrogen-bond donors (Lipinski definition) is 1. The van der Waals surface area contributed by atoms with Crippen molar-refractivity contribution in [1.82, 2.24) is 15.3 Å². The van der Waals surface area contributed by atoms with E-state index in [1.165, 1.54) is 11.3 Å². The molecule has 0 fully saturated rings. The van der Waals surface area contributed by atoms with Gasteiger partial charge in [0.1, 0.15) is 10.8 Å². The topological polar surface area (TPSA) is 66.8 Å². The lowest BCUT2D eigenvalue weighted by atomic mass is 10.1. The molecule has 2 rings (SSSR count). The first-order valence-electron chi connectivity index (χ1n) is 9.10. The molecule has 0 unspecified atom stereocenters. The minimum atomic E-state index is -0.166. The molecule has 27 heavy (non-hydrogen) atoms. The quantitative estimate of drug-likeness (QED) is 0.528. The molecule has 7 heteroatoms. The fourth-order valence-corrected chi connectivity index (χ4v) is 3.46. The summed E-state index contributed by atoms with van der Waals surface area (Å²) >= 11 is 1.49. The molecule has 0 atom stereocenters. The van der Waals surface area contributed by atoms with Gasteiger partial charge in [-0.3, -0.25) is 9.69 Å². The van der Waals surface area contributed by atoms with Crippen molar-refractivity contribution in [2.24, 2.45) is 5.10 Å². The lowest BCUT2D eigenvalue weighted by Gasteiger charge is -2.20. The summed E-state index contributed by atoms with van der Waals surface area (Å²) in [6.45, 7) is 10.9. The van der Waals surface area contributed by atoms with Crippen LogP contribution in [0.4, 0.5) is 0 Å². The molecule has 0 spiro atoms. The second kappa shape index (κ2) is 10.2. The molecule has 0 aliphatic carbocycles. The van der Waals surface area contributed by atoms with Crippen LogP contribution in [0.2, 0.25) is 0 Å². The highest BCUT2D eigenvalue weighted by Crippen LogP contribution is 2.22. The molecule has 1 N–H and O–H groups in total. The zero-order valence-corrected chi connectivity index (χ0v) is 17.5. The minimum Gasteiger partial charge on any atom is -0.496 e. The number of nitrogens with zero attached hydrogens (tertiary/aromatic N) is 3. The van der Waals surface area contributed by atoms with Crippen LogP contribution < -0.4 is 10.2 Å². The molecule has 0 saturated heterocycles. The lowest BCUT2D eigenvalue weighted by Crippen LogP contribution is -2.23. The van der Waals surface area contributed by atoms with E-state index in [-0.39, 0.29) is 12.3 Å². The Morgan fingerprint density at radius 2 is 2.07 bits per heavy atom. The fraction of sp³-hybridized carbons (Fsp3) is 0.450. The summed E-state index contributed by atoms with van der Waals surface area (Å²) in [5.74, 6) is 0.696. The normalized spacial score (nSPS) is 11.7. The van der Waals surface area contributed by atoms with Gasteiger partial charge in [0, 0.05) is 23.2 Å². The highest BCUT2D eigenvalue weighted by Gasteiger charge is 2.11. The van der Waals surface area contributed by atoms with Crippen molar-refractivity contribution in [1.29, 1.82) is 0 Å². The maximum absolute atomic E-state index is 12.1. The highest BCUT2D eigenvalue weighted by molar-refractivity contribution is 7.09. The largest absolute Gasteiger partial charge is 0.496 e. The van der Waals surface area contributed by atoms with Gasteiger partial charge in [-0.05, 0) is 50.7 Å². The van der Waals surface area contributed by atoms with Crippen LogP contribution in [0, 0.1) is 6.92 Å². The van der Waals surface area contributed by atoms with E-state index in [1.807, 2.05) is 31.4 Å². The average Bonchev–Trinajstić information content (AvgIpc) is 3.08. The van der Waals surface area contributed by atoms with Crippen LogP contribution in [0.5, 0.6) is 5.75 Å². The van der Waals surface area contributed by atoms with Crippen LogP contribution >= 0.6 is 11.3 Å². The molecule has 1 amide bonds.